The van der Waals surface area contributed by atoms with Crippen molar-refractivity contribution in [1.29, 1.82) is 0 Å². The van der Waals surface area contributed by atoms with Crippen LogP contribution in [-0.2, 0) is 14.6 Å². The highest BCUT2D eigenvalue weighted by molar-refractivity contribution is 7.92. The second kappa shape index (κ2) is 3.97. The van der Waals surface area contributed by atoms with Crippen molar-refractivity contribution in [3.05, 3.63) is 30.1 Å². The molecule has 0 amide bonds. The number of rotatable bonds is 2. The highest BCUT2D eigenvalue weighted by Crippen LogP contribution is 2.27. The van der Waals surface area contributed by atoms with Crippen molar-refractivity contribution in [2.75, 3.05) is 0 Å². The summed E-state index contributed by atoms with van der Waals surface area (Å²) in [6.45, 7) is 0. The predicted octanol–water partition coefficient (Wildman–Crippen LogP) is 1.72. The van der Waals surface area contributed by atoms with Crippen LogP contribution >= 0.6 is 0 Å². The number of hydrogen-bond acceptors (Lipinski definition) is 3. The molecular weight excluding hydrogens is 231 g/mol. The molecule has 0 N–H and O–H groups in total. The van der Waals surface area contributed by atoms with Gasteiger partial charge >= 0.3 is 0 Å². The number of carbonyl (C=O) groups is 1. The maximum Gasteiger partial charge on any atom is 0.188 e. The number of ketones is 1. The monoisotopic (exact) mass is 242 g/mol. The van der Waals surface area contributed by atoms with Crippen molar-refractivity contribution in [2.24, 2.45) is 0 Å². The zero-order valence-electron chi connectivity index (χ0n) is 8.52. The number of sulfone groups is 1. The maximum absolute atomic E-state index is 12.7. The second-order valence-electron chi connectivity index (χ2n) is 3.85. The van der Waals surface area contributed by atoms with Crippen LogP contribution in [0.1, 0.15) is 19.3 Å². The molecule has 5 heteroatoms. The summed E-state index contributed by atoms with van der Waals surface area (Å²) in [5, 5.41) is -0.932. The van der Waals surface area contributed by atoms with Crippen LogP contribution in [0.5, 0.6) is 0 Å². The summed E-state index contributed by atoms with van der Waals surface area (Å²) < 4.78 is 36.7. The largest absolute Gasteiger partial charge is 0.298 e. The zero-order chi connectivity index (χ0) is 11.8. The first-order chi connectivity index (χ1) is 7.51. The molecule has 1 unspecified atom stereocenters. The Labute approximate surface area is 93.2 Å². The summed E-state index contributed by atoms with van der Waals surface area (Å²) in [6, 6.07) is 4.59. The molecule has 2 rings (SSSR count). The van der Waals surface area contributed by atoms with E-state index in [4.69, 9.17) is 0 Å². The summed E-state index contributed by atoms with van der Waals surface area (Å²) in [5.41, 5.74) is 0. The minimum absolute atomic E-state index is 0.0224. The van der Waals surface area contributed by atoms with Crippen molar-refractivity contribution >= 4 is 15.6 Å². The van der Waals surface area contributed by atoms with Crippen molar-refractivity contribution in [1.82, 2.24) is 0 Å². The molecule has 0 saturated heterocycles. The standard InChI is InChI=1S/C11H11FO3S/c12-8-4-6-9(7-5-8)16(14,15)11-3-1-2-10(11)13/h4-7,11H,1-3H2. The quantitative estimate of drug-likeness (QED) is 0.742. The van der Waals surface area contributed by atoms with E-state index in [1.165, 1.54) is 12.1 Å². The van der Waals surface area contributed by atoms with Gasteiger partial charge < -0.3 is 0 Å². The number of halogens is 1. The number of Topliss-reactive ketones (excluding diaryl/α,β-unsaturated/α-hetero) is 1. The molecule has 1 aliphatic rings. The minimum Gasteiger partial charge on any atom is -0.298 e. The summed E-state index contributed by atoms with van der Waals surface area (Å²) in [7, 11) is -3.62. The first-order valence-electron chi connectivity index (χ1n) is 5.04. The zero-order valence-corrected chi connectivity index (χ0v) is 9.34. The van der Waals surface area contributed by atoms with E-state index in [1.807, 2.05) is 0 Å². The molecule has 1 aromatic rings. The van der Waals surface area contributed by atoms with Crippen molar-refractivity contribution in [3.63, 3.8) is 0 Å². The Balaban J connectivity index is 2.39. The fourth-order valence-corrected chi connectivity index (χ4v) is 3.69. The lowest BCUT2D eigenvalue weighted by atomic mass is 10.3. The topological polar surface area (TPSA) is 51.2 Å². The van der Waals surface area contributed by atoms with Crippen LogP contribution in [0.3, 0.4) is 0 Å². The molecule has 1 aromatic carbocycles. The predicted molar refractivity (Wildman–Crippen MR) is 56.2 cm³/mol. The Morgan fingerprint density at radius 1 is 1.19 bits per heavy atom. The van der Waals surface area contributed by atoms with Crippen molar-refractivity contribution < 1.29 is 17.6 Å². The fourth-order valence-electron chi connectivity index (χ4n) is 1.90. The van der Waals surface area contributed by atoms with Gasteiger partial charge in [0.05, 0.1) is 4.90 Å². The van der Waals surface area contributed by atoms with Crippen LogP contribution < -0.4 is 0 Å². The van der Waals surface area contributed by atoms with Gasteiger partial charge in [0.25, 0.3) is 0 Å². The Hall–Kier alpha value is -1.23. The molecule has 1 aliphatic carbocycles. The van der Waals surface area contributed by atoms with Gasteiger partial charge in [0, 0.05) is 6.42 Å². The van der Waals surface area contributed by atoms with E-state index in [0.29, 0.717) is 19.3 Å². The van der Waals surface area contributed by atoms with Crippen molar-refractivity contribution in [2.45, 2.75) is 29.4 Å². The van der Waals surface area contributed by atoms with E-state index in [-0.39, 0.29) is 10.7 Å². The van der Waals surface area contributed by atoms with E-state index >= 15 is 0 Å². The summed E-state index contributed by atoms with van der Waals surface area (Å²) in [4.78, 5) is 11.4. The highest BCUT2D eigenvalue weighted by atomic mass is 32.2. The minimum atomic E-state index is -3.62. The van der Waals surface area contributed by atoms with E-state index in [0.717, 1.165) is 12.1 Å². The Morgan fingerprint density at radius 2 is 1.81 bits per heavy atom. The number of benzene rings is 1. The van der Waals surface area contributed by atoms with Crippen molar-refractivity contribution in [3.8, 4) is 0 Å². The Bertz CT molecular complexity index is 505. The van der Waals surface area contributed by atoms with Gasteiger partial charge in [-0.25, -0.2) is 12.8 Å². The molecule has 0 bridgehead atoms. The lowest BCUT2D eigenvalue weighted by molar-refractivity contribution is -0.117. The molecular formula is C11H11FO3S. The normalized spacial score (nSPS) is 21.3. The second-order valence-corrected chi connectivity index (χ2v) is 5.98. The van der Waals surface area contributed by atoms with E-state index in [9.17, 15) is 17.6 Å². The van der Waals surface area contributed by atoms with E-state index in [2.05, 4.69) is 0 Å². The van der Waals surface area contributed by atoms with Gasteiger partial charge in [-0.2, -0.15) is 0 Å². The third kappa shape index (κ3) is 1.87. The van der Waals surface area contributed by atoms with Gasteiger partial charge in [-0.15, -0.1) is 0 Å². The number of carbonyl (C=O) groups excluding carboxylic acids is 1. The molecule has 0 heterocycles. The van der Waals surface area contributed by atoms with Crippen LogP contribution in [-0.4, -0.2) is 19.5 Å². The highest BCUT2D eigenvalue weighted by Gasteiger charge is 2.36. The lowest BCUT2D eigenvalue weighted by Gasteiger charge is -2.09. The number of hydrogen-bond donors (Lipinski definition) is 0. The average Bonchev–Trinajstić information content (AvgIpc) is 2.66. The van der Waals surface area contributed by atoms with Gasteiger partial charge in [-0.05, 0) is 37.1 Å². The first kappa shape index (κ1) is 11.3. The first-order valence-corrected chi connectivity index (χ1v) is 6.58. The SMILES string of the molecule is O=C1CCCC1S(=O)(=O)c1ccc(F)cc1. The molecule has 16 heavy (non-hydrogen) atoms. The Morgan fingerprint density at radius 3 is 2.31 bits per heavy atom. The molecule has 86 valence electrons. The maximum atomic E-state index is 12.7. The van der Waals surface area contributed by atoms with Crippen LogP contribution in [0.2, 0.25) is 0 Å². The summed E-state index contributed by atoms with van der Waals surface area (Å²) >= 11 is 0. The van der Waals surface area contributed by atoms with Gasteiger partial charge in [-0.3, -0.25) is 4.79 Å². The van der Waals surface area contributed by atoms with Crippen LogP contribution in [0.15, 0.2) is 29.2 Å². The fraction of sp³-hybridized carbons (Fsp3) is 0.364. The molecule has 0 aliphatic heterocycles. The van der Waals surface area contributed by atoms with Gasteiger partial charge in [-0.1, -0.05) is 0 Å². The van der Waals surface area contributed by atoms with E-state index < -0.39 is 20.9 Å². The van der Waals surface area contributed by atoms with Crippen LogP contribution in [0.4, 0.5) is 4.39 Å². The molecule has 0 spiro atoms. The third-order valence-corrected chi connectivity index (χ3v) is 4.94. The molecule has 1 atom stereocenters. The average molecular weight is 242 g/mol. The van der Waals surface area contributed by atoms with Gasteiger partial charge in [0.15, 0.2) is 15.6 Å². The summed E-state index contributed by atoms with van der Waals surface area (Å²) in [5.74, 6) is -0.721. The van der Waals surface area contributed by atoms with Gasteiger partial charge in [0.2, 0.25) is 0 Å². The molecule has 3 nitrogen and oxygen atoms in total. The molecule has 1 saturated carbocycles. The Kier molecular flexibility index (Phi) is 2.80. The smallest absolute Gasteiger partial charge is 0.188 e. The third-order valence-electron chi connectivity index (χ3n) is 2.77. The molecule has 0 radical (unpaired) electrons. The van der Waals surface area contributed by atoms with Gasteiger partial charge in [0.1, 0.15) is 11.1 Å². The van der Waals surface area contributed by atoms with Crippen LogP contribution in [0, 0.1) is 5.82 Å². The van der Waals surface area contributed by atoms with E-state index in [1.54, 1.807) is 0 Å². The molecule has 1 fully saturated rings. The lowest BCUT2D eigenvalue weighted by Crippen LogP contribution is -2.25. The molecule has 0 aromatic heterocycles. The summed E-state index contributed by atoms with van der Waals surface area (Å²) in [6.07, 6.45) is 1.31. The van der Waals surface area contributed by atoms with Crippen LogP contribution in [0.25, 0.3) is 0 Å².